The highest BCUT2D eigenvalue weighted by atomic mass is 35.5. The molecular weight excluding hydrogens is 337 g/mol. The molecule has 2 aromatic rings. The summed E-state index contributed by atoms with van der Waals surface area (Å²) < 4.78 is 5.67. The first-order chi connectivity index (χ1) is 10.2. The molecule has 3 N–H and O–H groups in total. The molecule has 7 heteroatoms. The van der Waals surface area contributed by atoms with E-state index in [1.165, 1.54) is 5.56 Å². The Morgan fingerprint density at radius 2 is 1.96 bits per heavy atom. The third kappa shape index (κ3) is 7.03. The molecule has 0 bridgehead atoms. The molecule has 1 aromatic carbocycles. The van der Waals surface area contributed by atoms with E-state index in [-0.39, 0.29) is 30.7 Å². The largest absolute Gasteiger partial charge is 0.441 e. The number of aromatic nitrogens is 1. The van der Waals surface area contributed by atoms with E-state index >= 15 is 0 Å². The van der Waals surface area contributed by atoms with Crippen LogP contribution in [0.15, 0.2) is 34.9 Å². The van der Waals surface area contributed by atoms with Gasteiger partial charge in [-0.05, 0) is 19.9 Å². The van der Waals surface area contributed by atoms with Gasteiger partial charge in [0.1, 0.15) is 0 Å². The number of nitrogens with zero attached hydrogens (tertiary/aromatic N) is 1. The van der Waals surface area contributed by atoms with Gasteiger partial charge in [0.15, 0.2) is 11.7 Å². The van der Waals surface area contributed by atoms with Gasteiger partial charge in [-0.1, -0.05) is 29.8 Å². The van der Waals surface area contributed by atoms with Crippen LogP contribution in [0.5, 0.6) is 0 Å². The molecule has 0 aliphatic rings. The highest BCUT2D eigenvalue weighted by Crippen LogP contribution is 2.21. The molecule has 1 amide bonds. The van der Waals surface area contributed by atoms with Crippen molar-refractivity contribution >= 4 is 30.7 Å². The van der Waals surface area contributed by atoms with Crippen LogP contribution in [-0.2, 0) is 11.2 Å². The Kier molecular flexibility index (Phi) is 10.3. The van der Waals surface area contributed by atoms with Gasteiger partial charge in [0.2, 0.25) is 5.91 Å². The molecule has 0 unspecified atom stereocenters. The maximum Gasteiger partial charge on any atom is 0.220 e. The summed E-state index contributed by atoms with van der Waals surface area (Å²) in [4.78, 5) is 15.8. The zero-order valence-corrected chi connectivity index (χ0v) is 14.7. The van der Waals surface area contributed by atoms with Gasteiger partial charge in [0.25, 0.3) is 0 Å². The van der Waals surface area contributed by atoms with Gasteiger partial charge in [-0.2, -0.15) is 0 Å². The van der Waals surface area contributed by atoms with Gasteiger partial charge >= 0.3 is 0 Å². The number of aryl methyl sites for hydroxylation is 2. The number of nitrogens with two attached hydrogens (primary N) is 1. The normalized spacial score (nSPS) is 9.65. The SMILES string of the molecule is Cc1ccc(-c2cnc(CCC(=O)NCCCN)o2)cc1.Cl.Cl. The summed E-state index contributed by atoms with van der Waals surface area (Å²) in [7, 11) is 0. The lowest BCUT2D eigenvalue weighted by atomic mass is 10.1. The lowest BCUT2D eigenvalue weighted by Crippen LogP contribution is -2.26. The summed E-state index contributed by atoms with van der Waals surface area (Å²) in [5.41, 5.74) is 7.56. The van der Waals surface area contributed by atoms with E-state index in [1.54, 1.807) is 6.20 Å². The van der Waals surface area contributed by atoms with E-state index in [0.717, 1.165) is 17.7 Å². The van der Waals surface area contributed by atoms with Crippen LogP contribution < -0.4 is 11.1 Å². The zero-order valence-electron chi connectivity index (χ0n) is 13.1. The van der Waals surface area contributed by atoms with Gasteiger partial charge in [-0.25, -0.2) is 4.98 Å². The van der Waals surface area contributed by atoms with Crippen LogP contribution in [0.1, 0.15) is 24.3 Å². The topological polar surface area (TPSA) is 81.2 Å². The third-order valence-electron chi connectivity index (χ3n) is 3.16. The Bertz CT molecular complexity index is 585. The summed E-state index contributed by atoms with van der Waals surface area (Å²) in [6.45, 7) is 3.24. The van der Waals surface area contributed by atoms with Gasteiger partial charge in [-0.3, -0.25) is 4.79 Å². The van der Waals surface area contributed by atoms with Gasteiger partial charge in [0.05, 0.1) is 6.20 Å². The predicted molar refractivity (Wildman–Crippen MR) is 96.2 cm³/mol. The predicted octanol–water partition coefficient (Wildman–Crippen LogP) is 2.89. The second-order valence-electron chi connectivity index (χ2n) is 4.98. The smallest absolute Gasteiger partial charge is 0.220 e. The van der Waals surface area contributed by atoms with Crippen LogP contribution in [0.25, 0.3) is 11.3 Å². The maximum atomic E-state index is 11.6. The zero-order chi connectivity index (χ0) is 15.1. The van der Waals surface area contributed by atoms with E-state index in [1.807, 2.05) is 31.2 Å². The van der Waals surface area contributed by atoms with Crippen LogP contribution >= 0.6 is 24.8 Å². The quantitative estimate of drug-likeness (QED) is 0.744. The molecule has 0 saturated heterocycles. The fourth-order valence-electron chi connectivity index (χ4n) is 1.92. The molecular formula is C16H23Cl2N3O2. The summed E-state index contributed by atoms with van der Waals surface area (Å²) in [6.07, 6.45) is 3.37. The molecule has 5 nitrogen and oxygen atoms in total. The number of carbonyl (C=O) groups is 1. The number of carbonyl (C=O) groups excluding carboxylic acids is 1. The number of benzene rings is 1. The molecule has 0 atom stereocenters. The standard InChI is InChI=1S/C16H21N3O2.2ClH/c1-12-3-5-13(6-4-12)14-11-19-16(21-14)8-7-15(20)18-10-2-9-17;;/h3-6,11H,2,7-10,17H2,1H3,(H,18,20);2*1H. The number of rotatable bonds is 7. The average molecular weight is 360 g/mol. The highest BCUT2D eigenvalue weighted by Gasteiger charge is 2.08. The van der Waals surface area contributed by atoms with Crippen molar-refractivity contribution in [1.82, 2.24) is 10.3 Å². The van der Waals surface area contributed by atoms with Crippen molar-refractivity contribution in [1.29, 1.82) is 0 Å². The first-order valence-corrected chi connectivity index (χ1v) is 7.17. The first-order valence-electron chi connectivity index (χ1n) is 7.17. The summed E-state index contributed by atoms with van der Waals surface area (Å²) in [6, 6.07) is 8.06. The van der Waals surface area contributed by atoms with E-state index < -0.39 is 0 Å². The fourth-order valence-corrected chi connectivity index (χ4v) is 1.92. The van der Waals surface area contributed by atoms with E-state index in [2.05, 4.69) is 10.3 Å². The number of halogens is 2. The van der Waals surface area contributed by atoms with Gasteiger partial charge in [-0.15, -0.1) is 24.8 Å². The molecule has 1 aromatic heterocycles. The minimum Gasteiger partial charge on any atom is -0.441 e. The first kappa shape index (κ1) is 21.4. The monoisotopic (exact) mass is 359 g/mol. The number of amides is 1. The number of hydrogen-bond acceptors (Lipinski definition) is 4. The van der Waals surface area contributed by atoms with Crippen LogP contribution in [0.4, 0.5) is 0 Å². The Morgan fingerprint density at radius 3 is 2.61 bits per heavy atom. The molecule has 23 heavy (non-hydrogen) atoms. The van der Waals surface area contributed by atoms with Crippen molar-refractivity contribution in [3.8, 4) is 11.3 Å². The van der Waals surface area contributed by atoms with Gasteiger partial charge < -0.3 is 15.5 Å². The Labute approximate surface area is 148 Å². The summed E-state index contributed by atoms with van der Waals surface area (Å²) >= 11 is 0. The van der Waals surface area contributed by atoms with E-state index in [9.17, 15) is 4.79 Å². The minimum absolute atomic E-state index is 0. The average Bonchev–Trinajstić information content (AvgIpc) is 2.95. The number of hydrogen-bond donors (Lipinski definition) is 2. The van der Waals surface area contributed by atoms with Crippen LogP contribution in [0.2, 0.25) is 0 Å². The fraction of sp³-hybridized carbons (Fsp3) is 0.375. The lowest BCUT2D eigenvalue weighted by molar-refractivity contribution is -0.121. The Balaban J connectivity index is 0.00000242. The Hall–Kier alpha value is -1.56. The highest BCUT2D eigenvalue weighted by molar-refractivity contribution is 5.85. The lowest BCUT2D eigenvalue weighted by Gasteiger charge is -2.02. The molecule has 0 saturated carbocycles. The van der Waals surface area contributed by atoms with Crippen molar-refractivity contribution in [2.45, 2.75) is 26.2 Å². The third-order valence-corrected chi connectivity index (χ3v) is 3.16. The minimum atomic E-state index is -0.00136. The molecule has 1 heterocycles. The van der Waals surface area contributed by atoms with Crippen molar-refractivity contribution in [2.24, 2.45) is 5.73 Å². The van der Waals surface area contributed by atoms with Crippen molar-refractivity contribution in [2.75, 3.05) is 13.1 Å². The second-order valence-corrected chi connectivity index (χ2v) is 4.98. The van der Waals surface area contributed by atoms with Crippen LogP contribution in [0.3, 0.4) is 0 Å². The molecule has 0 fully saturated rings. The maximum absolute atomic E-state index is 11.6. The van der Waals surface area contributed by atoms with Gasteiger partial charge in [0, 0.05) is 24.9 Å². The molecule has 128 valence electrons. The van der Waals surface area contributed by atoms with Crippen molar-refractivity contribution in [3.05, 3.63) is 41.9 Å². The number of nitrogens with one attached hydrogen (secondary N) is 1. The summed E-state index contributed by atoms with van der Waals surface area (Å²) in [5, 5.41) is 2.81. The summed E-state index contributed by atoms with van der Waals surface area (Å²) in [5.74, 6) is 1.31. The van der Waals surface area contributed by atoms with Crippen molar-refractivity contribution < 1.29 is 9.21 Å². The van der Waals surface area contributed by atoms with Crippen LogP contribution in [0, 0.1) is 6.92 Å². The molecule has 0 radical (unpaired) electrons. The number of oxazole rings is 1. The molecule has 0 spiro atoms. The van der Waals surface area contributed by atoms with Crippen molar-refractivity contribution in [3.63, 3.8) is 0 Å². The van der Waals surface area contributed by atoms with E-state index in [4.69, 9.17) is 10.2 Å². The molecule has 0 aliphatic heterocycles. The second kappa shape index (κ2) is 11.0. The van der Waals surface area contributed by atoms with Crippen LogP contribution in [-0.4, -0.2) is 24.0 Å². The molecule has 2 rings (SSSR count). The Morgan fingerprint density at radius 1 is 1.26 bits per heavy atom. The van der Waals surface area contributed by atoms with E-state index in [0.29, 0.717) is 31.8 Å². The molecule has 0 aliphatic carbocycles.